The Balaban J connectivity index is 1.33. The Labute approximate surface area is 143 Å². The fourth-order valence-electron chi connectivity index (χ4n) is 3.87. The SMILES string of the molecule is Cc1ccc2c(c1)CN(CCCC1OC(=O)c3ccccc31)CC2. The molecule has 2 aliphatic heterocycles. The Bertz CT molecular complexity index is 768. The predicted molar refractivity (Wildman–Crippen MR) is 94.0 cm³/mol. The van der Waals surface area contributed by atoms with Crippen molar-refractivity contribution in [3.63, 3.8) is 0 Å². The van der Waals surface area contributed by atoms with E-state index in [2.05, 4.69) is 30.0 Å². The molecule has 2 aromatic rings. The van der Waals surface area contributed by atoms with E-state index in [-0.39, 0.29) is 12.1 Å². The Hall–Kier alpha value is -2.13. The number of carbonyl (C=O) groups excluding carboxylic acids is 1. The van der Waals surface area contributed by atoms with Gasteiger partial charge in [0.1, 0.15) is 6.10 Å². The summed E-state index contributed by atoms with van der Waals surface area (Å²) >= 11 is 0. The number of cyclic esters (lactones) is 1. The van der Waals surface area contributed by atoms with Gasteiger partial charge in [-0.1, -0.05) is 42.0 Å². The van der Waals surface area contributed by atoms with Gasteiger partial charge < -0.3 is 4.74 Å². The lowest BCUT2D eigenvalue weighted by Gasteiger charge is -2.29. The molecule has 0 bridgehead atoms. The molecule has 3 heteroatoms. The van der Waals surface area contributed by atoms with Crippen LogP contribution in [-0.4, -0.2) is 24.0 Å². The molecule has 124 valence electrons. The summed E-state index contributed by atoms with van der Waals surface area (Å²) in [5.74, 6) is -0.169. The molecule has 0 aromatic heterocycles. The lowest BCUT2D eigenvalue weighted by molar-refractivity contribution is 0.0357. The maximum Gasteiger partial charge on any atom is 0.339 e. The zero-order chi connectivity index (χ0) is 16.5. The molecule has 0 fully saturated rings. The number of hydrogen-bond acceptors (Lipinski definition) is 3. The van der Waals surface area contributed by atoms with Crippen molar-refractivity contribution in [2.24, 2.45) is 0 Å². The number of benzene rings is 2. The van der Waals surface area contributed by atoms with E-state index in [0.717, 1.165) is 50.0 Å². The van der Waals surface area contributed by atoms with E-state index in [0.29, 0.717) is 0 Å². The third-order valence-electron chi connectivity index (χ3n) is 5.17. The summed E-state index contributed by atoms with van der Waals surface area (Å²) in [6.45, 7) is 5.38. The first-order valence-corrected chi connectivity index (χ1v) is 8.81. The van der Waals surface area contributed by atoms with Gasteiger partial charge in [-0.2, -0.15) is 0 Å². The second kappa shape index (κ2) is 6.40. The minimum Gasteiger partial charge on any atom is -0.454 e. The van der Waals surface area contributed by atoms with Gasteiger partial charge in [-0.15, -0.1) is 0 Å². The first-order chi connectivity index (χ1) is 11.7. The number of ether oxygens (including phenoxy) is 1. The van der Waals surface area contributed by atoms with Gasteiger partial charge in [0.15, 0.2) is 0 Å². The first kappa shape index (κ1) is 15.4. The number of aryl methyl sites for hydroxylation is 1. The van der Waals surface area contributed by atoms with Crippen molar-refractivity contribution in [2.45, 2.75) is 38.8 Å². The Kier molecular flexibility index (Phi) is 4.11. The summed E-state index contributed by atoms with van der Waals surface area (Å²) in [6, 6.07) is 14.6. The summed E-state index contributed by atoms with van der Waals surface area (Å²) in [5, 5.41) is 0. The summed E-state index contributed by atoms with van der Waals surface area (Å²) in [5.41, 5.74) is 6.10. The minimum atomic E-state index is -0.169. The van der Waals surface area contributed by atoms with Crippen LogP contribution in [0.25, 0.3) is 0 Å². The third-order valence-corrected chi connectivity index (χ3v) is 5.17. The highest BCUT2D eigenvalue weighted by atomic mass is 16.5. The van der Waals surface area contributed by atoms with Gasteiger partial charge in [-0.3, -0.25) is 4.90 Å². The molecule has 2 heterocycles. The third kappa shape index (κ3) is 2.96. The number of rotatable bonds is 4. The van der Waals surface area contributed by atoms with E-state index < -0.39 is 0 Å². The monoisotopic (exact) mass is 321 g/mol. The van der Waals surface area contributed by atoms with Crippen molar-refractivity contribution in [3.05, 3.63) is 70.3 Å². The molecule has 0 spiro atoms. The van der Waals surface area contributed by atoms with Crippen LogP contribution in [0.1, 0.15) is 51.6 Å². The maximum atomic E-state index is 11.9. The largest absolute Gasteiger partial charge is 0.454 e. The van der Waals surface area contributed by atoms with Gasteiger partial charge in [-0.05, 0) is 49.9 Å². The van der Waals surface area contributed by atoms with E-state index in [4.69, 9.17) is 4.74 Å². The average molecular weight is 321 g/mol. The lowest BCUT2D eigenvalue weighted by atomic mass is 9.97. The zero-order valence-electron chi connectivity index (χ0n) is 14.1. The van der Waals surface area contributed by atoms with Crippen LogP contribution in [0.5, 0.6) is 0 Å². The molecule has 0 amide bonds. The van der Waals surface area contributed by atoms with Gasteiger partial charge in [0.2, 0.25) is 0 Å². The lowest BCUT2D eigenvalue weighted by Crippen LogP contribution is -2.31. The molecule has 0 saturated heterocycles. The number of hydrogen-bond donors (Lipinski definition) is 0. The van der Waals surface area contributed by atoms with E-state index >= 15 is 0 Å². The molecule has 0 aliphatic carbocycles. The van der Waals surface area contributed by atoms with Gasteiger partial charge in [0, 0.05) is 18.7 Å². The number of fused-ring (bicyclic) bond motifs is 2. The van der Waals surface area contributed by atoms with Crippen molar-refractivity contribution in [1.29, 1.82) is 0 Å². The molecule has 0 radical (unpaired) electrons. The Morgan fingerprint density at radius 2 is 2.04 bits per heavy atom. The Morgan fingerprint density at radius 1 is 1.17 bits per heavy atom. The van der Waals surface area contributed by atoms with Crippen LogP contribution >= 0.6 is 0 Å². The van der Waals surface area contributed by atoms with Crippen molar-refractivity contribution in [1.82, 2.24) is 4.90 Å². The molecule has 2 aromatic carbocycles. The molecular formula is C21H23NO2. The molecule has 0 saturated carbocycles. The summed E-state index contributed by atoms with van der Waals surface area (Å²) in [6.07, 6.45) is 3.03. The highest BCUT2D eigenvalue weighted by Gasteiger charge is 2.30. The van der Waals surface area contributed by atoms with Crippen LogP contribution < -0.4 is 0 Å². The fraction of sp³-hybridized carbons (Fsp3) is 0.381. The smallest absolute Gasteiger partial charge is 0.339 e. The fourth-order valence-corrected chi connectivity index (χ4v) is 3.87. The van der Waals surface area contributed by atoms with Crippen molar-refractivity contribution < 1.29 is 9.53 Å². The second-order valence-corrected chi connectivity index (χ2v) is 6.92. The summed E-state index contributed by atoms with van der Waals surface area (Å²) < 4.78 is 5.54. The summed E-state index contributed by atoms with van der Waals surface area (Å²) in [7, 11) is 0. The normalized spacial score (nSPS) is 19.7. The van der Waals surface area contributed by atoms with Crippen LogP contribution in [-0.2, 0) is 17.7 Å². The average Bonchev–Trinajstić information content (AvgIpc) is 2.91. The standard InChI is InChI=1S/C21H23NO2/c1-15-8-9-16-10-12-22(14-17(16)13-15)11-4-7-20-18-5-2-3-6-19(18)21(23)24-20/h2-3,5-6,8-9,13,20H,4,7,10-12,14H2,1H3. The van der Waals surface area contributed by atoms with Gasteiger partial charge in [0.05, 0.1) is 5.56 Å². The van der Waals surface area contributed by atoms with Crippen LogP contribution in [0, 0.1) is 6.92 Å². The van der Waals surface area contributed by atoms with E-state index in [1.807, 2.05) is 24.3 Å². The van der Waals surface area contributed by atoms with E-state index in [1.54, 1.807) is 0 Å². The van der Waals surface area contributed by atoms with Crippen molar-refractivity contribution in [3.8, 4) is 0 Å². The minimum absolute atomic E-state index is 0.0620. The highest BCUT2D eigenvalue weighted by molar-refractivity contribution is 5.93. The molecule has 1 atom stereocenters. The number of nitrogens with zero attached hydrogens (tertiary/aromatic N) is 1. The van der Waals surface area contributed by atoms with Crippen LogP contribution in [0.2, 0.25) is 0 Å². The molecule has 4 rings (SSSR count). The highest BCUT2D eigenvalue weighted by Crippen LogP contribution is 2.33. The van der Waals surface area contributed by atoms with Crippen LogP contribution in [0.3, 0.4) is 0 Å². The van der Waals surface area contributed by atoms with Gasteiger partial charge in [-0.25, -0.2) is 4.79 Å². The second-order valence-electron chi connectivity index (χ2n) is 6.92. The molecule has 0 N–H and O–H groups in total. The first-order valence-electron chi connectivity index (χ1n) is 8.81. The Morgan fingerprint density at radius 3 is 2.96 bits per heavy atom. The van der Waals surface area contributed by atoms with Gasteiger partial charge in [0.25, 0.3) is 0 Å². The van der Waals surface area contributed by atoms with E-state index in [1.165, 1.54) is 16.7 Å². The van der Waals surface area contributed by atoms with Crippen molar-refractivity contribution >= 4 is 5.97 Å². The molecule has 2 aliphatic rings. The molecule has 24 heavy (non-hydrogen) atoms. The van der Waals surface area contributed by atoms with Crippen LogP contribution in [0.15, 0.2) is 42.5 Å². The predicted octanol–water partition coefficient (Wildman–Crippen LogP) is 4.05. The van der Waals surface area contributed by atoms with Crippen LogP contribution in [0.4, 0.5) is 0 Å². The molecular weight excluding hydrogens is 298 g/mol. The number of carbonyl (C=O) groups is 1. The maximum absolute atomic E-state index is 11.9. The zero-order valence-corrected chi connectivity index (χ0v) is 14.1. The van der Waals surface area contributed by atoms with Gasteiger partial charge >= 0.3 is 5.97 Å². The summed E-state index contributed by atoms with van der Waals surface area (Å²) in [4.78, 5) is 14.4. The quantitative estimate of drug-likeness (QED) is 0.796. The van der Waals surface area contributed by atoms with E-state index in [9.17, 15) is 4.79 Å². The number of esters is 1. The molecule has 1 unspecified atom stereocenters. The van der Waals surface area contributed by atoms with Crippen molar-refractivity contribution in [2.75, 3.05) is 13.1 Å². The topological polar surface area (TPSA) is 29.5 Å². The molecule has 3 nitrogen and oxygen atoms in total.